The van der Waals surface area contributed by atoms with Crippen LogP contribution in [0.5, 0.6) is 5.75 Å². The number of carbonyl (C=O) groups excluding carboxylic acids is 1. The van der Waals surface area contributed by atoms with Crippen LogP contribution < -0.4 is 15.0 Å². The van der Waals surface area contributed by atoms with Crippen molar-refractivity contribution < 1.29 is 9.53 Å². The fourth-order valence-corrected chi connectivity index (χ4v) is 3.23. The number of carbonyl (C=O) groups is 1. The van der Waals surface area contributed by atoms with Crippen molar-refractivity contribution in [2.75, 3.05) is 50.8 Å². The predicted molar refractivity (Wildman–Crippen MR) is 109 cm³/mol. The van der Waals surface area contributed by atoms with Crippen LogP contribution in [0.2, 0.25) is 0 Å². The highest BCUT2D eigenvalue weighted by Gasteiger charge is 2.16. The summed E-state index contributed by atoms with van der Waals surface area (Å²) in [5, 5.41) is 2.94. The molecule has 0 atom stereocenters. The van der Waals surface area contributed by atoms with Gasteiger partial charge in [-0.3, -0.25) is 9.69 Å². The number of hydrogen-bond donors (Lipinski definition) is 1. The third-order valence-electron chi connectivity index (χ3n) is 4.86. The summed E-state index contributed by atoms with van der Waals surface area (Å²) in [4.78, 5) is 16.8. The molecule has 1 aliphatic heterocycles. The fourth-order valence-electron chi connectivity index (χ4n) is 3.23. The highest BCUT2D eigenvalue weighted by Crippen LogP contribution is 2.15. The molecule has 0 saturated carbocycles. The molecule has 27 heavy (non-hydrogen) atoms. The number of aryl methyl sites for hydroxylation is 1. The molecule has 1 fully saturated rings. The number of anilines is 1. The first-order valence-corrected chi connectivity index (χ1v) is 9.69. The van der Waals surface area contributed by atoms with E-state index in [1.165, 1.54) is 11.3 Å². The molecule has 5 heteroatoms. The van der Waals surface area contributed by atoms with Gasteiger partial charge in [0.05, 0.1) is 0 Å². The summed E-state index contributed by atoms with van der Waals surface area (Å²) in [6.07, 6.45) is 0.960. The molecule has 1 N–H and O–H groups in total. The molecule has 1 heterocycles. The Balaban J connectivity index is 1.26. The minimum Gasteiger partial charge on any atom is -0.484 e. The SMILES string of the molecule is Cc1ccc(OCC(=O)NCCCN2CCN(c3ccccc3)CC2)cc1. The van der Waals surface area contributed by atoms with Gasteiger partial charge in [0.2, 0.25) is 0 Å². The second-order valence-electron chi connectivity index (χ2n) is 6.97. The molecule has 2 aromatic rings. The van der Waals surface area contributed by atoms with Crippen molar-refractivity contribution in [3.63, 3.8) is 0 Å². The molecule has 0 radical (unpaired) electrons. The average molecular weight is 367 g/mol. The Bertz CT molecular complexity index is 695. The number of para-hydroxylation sites is 1. The van der Waals surface area contributed by atoms with Crippen LogP contribution in [0, 0.1) is 6.92 Å². The number of piperazine rings is 1. The van der Waals surface area contributed by atoms with Gasteiger partial charge in [-0.1, -0.05) is 35.9 Å². The van der Waals surface area contributed by atoms with E-state index in [0.717, 1.165) is 44.9 Å². The minimum absolute atomic E-state index is 0.0653. The lowest BCUT2D eigenvalue weighted by atomic mass is 10.2. The topological polar surface area (TPSA) is 44.8 Å². The van der Waals surface area contributed by atoms with Crippen LogP contribution in [0.25, 0.3) is 0 Å². The van der Waals surface area contributed by atoms with Crippen LogP contribution in [0.4, 0.5) is 5.69 Å². The van der Waals surface area contributed by atoms with Gasteiger partial charge in [-0.05, 0) is 44.2 Å². The lowest BCUT2D eigenvalue weighted by molar-refractivity contribution is -0.123. The van der Waals surface area contributed by atoms with Crippen LogP contribution in [0.1, 0.15) is 12.0 Å². The van der Waals surface area contributed by atoms with Crippen molar-refractivity contribution in [2.24, 2.45) is 0 Å². The Hall–Kier alpha value is -2.53. The van der Waals surface area contributed by atoms with Gasteiger partial charge >= 0.3 is 0 Å². The van der Waals surface area contributed by atoms with Crippen molar-refractivity contribution in [3.8, 4) is 5.75 Å². The molecule has 1 amide bonds. The summed E-state index contributed by atoms with van der Waals surface area (Å²) in [6, 6.07) is 18.3. The highest BCUT2D eigenvalue weighted by atomic mass is 16.5. The number of amides is 1. The van der Waals surface area contributed by atoms with Crippen LogP contribution in [0.15, 0.2) is 54.6 Å². The third-order valence-corrected chi connectivity index (χ3v) is 4.86. The van der Waals surface area contributed by atoms with Crippen molar-refractivity contribution in [3.05, 3.63) is 60.2 Å². The first-order valence-electron chi connectivity index (χ1n) is 9.69. The standard InChI is InChI=1S/C22H29N3O2/c1-19-8-10-21(11-9-19)27-18-22(26)23-12-5-13-24-14-16-25(17-15-24)20-6-3-2-4-7-20/h2-4,6-11H,5,12-18H2,1H3,(H,23,26). The van der Waals surface area contributed by atoms with E-state index in [1.807, 2.05) is 31.2 Å². The molecule has 0 aromatic heterocycles. The molecule has 0 unspecified atom stereocenters. The Labute approximate surface area is 161 Å². The van der Waals surface area contributed by atoms with E-state index in [0.29, 0.717) is 6.54 Å². The van der Waals surface area contributed by atoms with E-state index in [1.54, 1.807) is 0 Å². The van der Waals surface area contributed by atoms with Gasteiger partial charge < -0.3 is 15.0 Å². The maximum atomic E-state index is 11.9. The summed E-state index contributed by atoms with van der Waals surface area (Å²) < 4.78 is 5.50. The van der Waals surface area contributed by atoms with Gasteiger partial charge in [0.1, 0.15) is 5.75 Å². The van der Waals surface area contributed by atoms with Gasteiger partial charge in [-0.25, -0.2) is 0 Å². The fraction of sp³-hybridized carbons (Fsp3) is 0.409. The molecule has 144 valence electrons. The van der Waals surface area contributed by atoms with E-state index >= 15 is 0 Å². The van der Waals surface area contributed by atoms with E-state index in [9.17, 15) is 4.79 Å². The Morgan fingerprint density at radius 2 is 1.70 bits per heavy atom. The van der Waals surface area contributed by atoms with E-state index in [2.05, 4.69) is 45.4 Å². The lowest BCUT2D eigenvalue weighted by Crippen LogP contribution is -2.47. The average Bonchev–Trinajstić information content (AvgIpc) is 2.72. The summed E-state index contributed by atoms with van der Waals surface area (Å²) in [7, 11) is 0. The maximum Gasteiger partial charge on any atom is 0.257 e. The first-order chi connectivity index (χ1) is 13.2. The summed E-state index contributed by atoms with van der Waals surface area (Å²) in [5.74, 6) is 0.663. The number of nitrogens with one attached hydrogen (secondary N) is 1. The lowest BCUT2D eigenvalue weighted by Gasteiger charge is -2.36. The molecule has 0 spiro atoms. The molecule has 0 bridgehead atoms. The normalized spacial score (nSPS) is 14.8. The van der Waals surface area contributed by atoms with Crippen molar-refractivity contribution in [1.82, 2.24) is 10.2 Å². The molecule has 3 rings (SSSR count). The zero-order valence-corrected chi connectivity index (χ0v) is 16.1. The Kier molecular flexibility index (Phi) is 7.11. The van der Waals surface area contributed by atoms with Crippen LogP contribution in [0.3, 0.4) is 0 Å². The monoisotopic (exact) mass is 367 g/mol. The number of hydrogen-bond acceptors (Lipinski definition) is 4. The Morgan fingerprint density at radius 3 is 2.41 bits per heavy atom. The molecular formula is C22H29N3O2. The van der Waals surface area contributed by atoms with Crippen molar-refractivity contribution >= 4 is 11.6 Å². The summed E-state index contributed by atoms with van der Waals surface area (Å²) in [6.45, 7) is 8.05. The number of rotatable bonds is 8. The maximum absolute atomic E-state index is 11.9. The predicted octanol–water partition coefficient (Wildman–Crippen LogP) is 2.70. The summed E-state index contributed by atoms with van der Waals surface area (Å²) >= 11 is 0. The quantitative estimate of drug-likeness (QED) is 0.729. The van der Waals surface area contributed by atoms with Gasteiger partial charge in [0.15, 0.2) is 6.61 Å². The zero-order chi connectivity index (χ0) is 18.9. The van der Waals surface area contributed by atoms with Crippen molar-refractivity contribution in [2.45, 2.75) is 13.3 Å². The number of nitrogens with zero attached hydrogens (tertiary/aromatic N) is 2. The molecule has 1 aliphatic rings. The molecule has 2 aromatic carbocycles. The smallest absolute Gasteiger partial charge is 0.257 e. The second kappa shape index (κ2) is 9.97. The first kappa shape index (κ1) is 19.2. The van der Waals surface area contributed by atoms with Crippen LogP contribution >= 0.6 is 0 Å². The van der Waals surface area contributed by atoms with E-state index in [-0.39, 0.29) is 12.5 Å². The van der Waals surface area contributed by atoms with Gasteiger partial charge in [-0.2, -0.15) is 0 Å². The largest absolute Gasteiger partial charge is 0.484 e. The molecule has 0 aliphatic carbocycles. The zero-order valence-electron chi connectivity index (χ0n) is 16.1. The summed E-state index contributed by atoms with van der Waals surface area (Å²) in [5.41, 5.74) is 2.48. The van der Waals surface area contributed by atoms with Crippen molar-refractivity contribution in [1.29, 1.82) is 0 Å². The van der Waals surface area contributed by atoms with E-state index in [4.69, 9.17) is 4.74 Å². The second-order valence-corrected chi connectivity index (χ2v) is 6.97. The van der Waals surface area contributed by atoms with E-state index < -0.39 is 0 Å². The molecule has 5 nitrogen and oxygen atoms in total. The molecular weight excluding hydrogens is 338 g/mol. The number of ether oxygens (including phenoxy) is 1. The third kappa shape index (κ3) is 6.29. The molecule has 1 saturated heterocycles. The Morgan fingerprint density at radius 1 is 1.00 bits per heavy atom. The van der Waals surface area contributed by atoms with Gasteiger partial charge in [-0.15, -0.1) is 0 Å². The van der Waals surface area contributed by atoms with Gasteiger partial charge in [0, 0.05) is 38.4 Å². The highest BCUT2D eigenvalue weighted by molar-refractivity contribution is 5.77. The van der Waals surface area contributed by atoms with Gasteiger partial charge in [0.25, 0.3) is 5.91 Å². The minimum atomic E-state index is -0.0653. The van der Waals surface area contributed by atoms with Crippen LogP contribution in [-0.4, -0.2) is 56.7 Å². The van der Waals surface area contributed by atoms with Crippen LogP contribution in [-0.2, 0) is 4.79 Å². The number of benzene rings is 2.